The van der Waals surface area contributed by atoms with Crippen molar-refractivity contribution in [2.45, 2.75) is 6.04 Å². The Hall–Kier alpha value is -4.18. The zero-order valence-corrected chi connectivity index (χ0v) is 16.9. The highest BCUT2D eigenvalue weighted by molar-refractivity contribution is 6.04. The number of benzene rings is 4. The van der Waals surface area contributed by atoms with Gasteiger partial charge >= 0.3 is 0 Å². The molecule has 0 saturated carbocycles. The maximum absolute atomic E-state index is 13.0. The third kappa shape index (κ3) is 5.06. The van der Waals surface area contributed by atoms with E-state index in [1.807, 2.05) is 78.9 Å². The van der Waals surface area contributed by atoms with Crippen molar-refractivity contribution in [3.05, 3.63) is 138 Å². The Morgan fingerprint density at radius 3 is 1.48 bits per heavy atom. The number of amides is 2. The van der Waals surface area contributed by atoms with Gasteiger partial charge < -0.3 is 10.6 Å². The Kier molecular flexibility index (Phi) is 6.19. The number of rotatable bonds is 6. The van der Waals surface area contributed by atoms with Crippen LogP contribution in [0, 0.1) is 0 Å². The Labute approximate surface area is 181 Å². The molecule has 152 valence electrons. The quantitative estimate of drug-likeness (QED) is 0.447. The second-order valence-electron chi connectivity index (χ2n) is 7.13. The fourth-order valence-electron chi connectivity index (χ4n) is 3.36. The molecule has 0 radical (unpaired) electrons. The van der Waals surface area contributed by atoms with Crippen molar-refractivity contribution in [2.75, 3.05) is 5.32 Å². The largest absolute Gasteiger partial charge is 0.341 e. The molecular formula is C27H22N2O2. The lowest BCUT2D eigenvalue weighted by Gasteiger charge is -2.20. The first kappa shape index (κ1) is 20.1. The second-order valence-corrected chi connectivity index (χ2v) is 7.13. The van der Waals surface area contributed by atoms with Crippen LogP contribution in [-0.4, -0.2) is 11.8 Å². The predicted octanol–water partition coefficient (Wildman–Crippen LogP) is 5.46. The third-order valence-electron chi connectivity index (χ3n) is 4.98. The first-order valence-corrected chi connectivity index (χ1v) is 10.1. The van der Waals surface area contributed by atoms with E-state index in [9.17, 15) is 9.59 Å². The molecule has 0 aliphatic carbocycles. The molecule has 4 heteroatoms. The standard InChI is InChI=1S/C27H22N2O2/c30-26(22-14-8-3-9-15-22)28-24-18-16-23(17-19-24)27(31)29-25(20-10-4-1-5-11-20)21-12-6-2-7-13-21/h1-19,25H,(H,28,30)(H,29,31). The van der Waals surface area contributed by atoms with Crippen molar-refractivity contribution in [1.29, 1.82) is 0 Å². The molecule has 0 fully saturated rings. The zero-order chi connectivity index (χ0) is 21.5. The summed E-state index contributed by atoms with van der Waals surface area (Å²) in [5.74, 6) is -0.371. The molecule has 0 aromatic heterocycles. The molecule has 4 nitrogen and oxygen atoms in total. The molecule has 2 N–H and O–H groups in total. The van der Waals surface area contributed by atoms with Crippen molar-refractivity contribution >= 4 is 17.5 Å². The van der Waals surface area contributed by atoms with Gasteiger partial charge in [-0.05, 0) is 47.5 Å². The number of hydrogen-bond acceptors (Lipinski definition) is 2. The summed E-state index contributed by atoms with van der Waals surface area (Å²) in [6.45, 7) is 0. The Morgan fingerprint density at radius 2 is 0.968 bits per heavy atom. The molecule has 4 aromatic rings. The summed E-state index contributed by atoms with van der Waals surface area (Å²) in [6, 6.07) is 35.4. The summed E-state index contributed by atoms with van der Waals surface area (Å²) in [7, 11) is 0. The molecule has 0 heterocycles. The number of anilines is 1. The van der Waals surface area contributed by atoms with E-state index in [-0.39, 0.29) is 17.9 Å². The Morgan fingerprint density at radius 1 is 0.516 bits per heavy atom. The van der Waals surface area contributed by atoms with Crippen LogP contribution in [0.2, 0.25) is 0 Å². The summed E-state index contributed by atoms with van der Waals surface area (Å²) < 4.78 is 0. The highest BCUT2D eigenvalue weighted by Crippen LogP contribution is 2.22. The number of carbonyl (C=O) groups excluding carboxylic acids is 2. The smallest absolute Gasteiger partial charge is 0.255 e. The van der Waals surface area contributed by atoms with Gasteiger partial charge in [-0.3, -0.25) is 9.59 Å². The van der Waals surface area contributed by atoms with Crippen molar-refractivity contribution < 1.29 is 9.59 Å². The normalized spacial score (nSPS) is 10.5. The SMILES string of the molecule is O=C(Nc1ccc(C(=O)NC(c2ccccc2)c2ccccc2)cc1)c1ccccc1. The van der Waals surface area contributed by atoms with Crippen LogP contribution < -0.4 is 10.6 Å². The monoisotopic (exact) mass is 406 g/mol. The summed E-state index contributed by atoms with van der Waals surface area (Å²) in [6.07, 6.45) is 0. The van der Waals surface area contributed by atoms with E-state index in [1.165, 1.54) is 0 Å². The second kappa shape index (κ2) is 9.55. The summed E-state index contributed by atoms with van der Waals surface area (Å²) >= 11 is 0. The minimum atomic E-state index is -0.257. The van der Waals surface area contributed by atoms with E-state index in [2.05, 4.69) is 10.6 Å². The van der Waals surface area contributed by atoms with Crippen molar-refractivity contribution in [2.24, 2.45) is 0 Å². The van der Waals surface area contributed by atoms with Crippen LogP contribution >= 0.6 is 0 Å². The van der Waals surface area contributed by atoms with Crippen LogP contribution in [0.1, 0.15) is 37.9 Å². The first-order chi connectivity index (χ1) is 15.2. The van der Waals surface area contributed by atoms with Gasteiger partial charge in [-0.1, -0.05) is 78.9 Å². The van der Waals surface area contributed by atoms with Crippen LogP contribution in [0.5, 0.6) is 0 Å². The van der Waals surface area contributed by atoms with Gasteiger partial charge in [-0.15, -0.1) is 0 Å². The molecule has 31 heavy (non-hydrogen) atoms. The fraction of sp³-hybridized carbons (Fsp3) is 0.0370. The minimum Gasteiger partial charge on any atom is -0.341 e. The van der Waals surface area contributed by atoms with Crippen molar-refractivity contribution in [1.82, 2.24) is 5.32 Å². The van der Waals surface area contributed by atoms with Gasteiger partial charge in [-0.2, -0.15) is 0 Å². The Bertz CT molecular complexity index is 1100. The predicted molar refractivity (Wildman–Crippen MR) is 123 cm³/mol. The number of carbonyl (C=O) groups is 2. The molecule has 0 aliphatic rings. The summed E-state index contributed by atoms with van der Waals surface area (Å²) in [5, 5.41) is 5.97. The molecule has 0 saturated heterocycles. The molecule has 2 amide bonds. The average molecular weight is 406 g/mol. The fourth-order valence-corrected chi connectivity index (χ4v) is 3.36. The summed E-state index contributed by atoms with van der Waals surface area (Å²) in [4.78, 5) is 25.3. The number of nitrogens with one attached hydrogen (secondary N) is 2. The molecule has 0 atom stereocenters. The molecular weight excluding hydrogens is 384 g/mol. The van der Waals surface area contributed by atoms with Gasteiger partial charge in [0.05, 0.1) is 6.04 Å². The van der Waals surface area contributed by atoms with Crippen molar-refractivity contribution in [3.8, 4) is 0 Å². The van der Waals surface area contributed by atoms with Gasteiger partial charge in [0.15, 0.2) is 0 Å². The van der Waals surface area contributed by atoms with E-state index in [0.29, 0.717) is 16.8 Å². The zero-order valence-electron chi connectivity index (χ0n) is 16.9. The van der Waals surface area contributed by atoms with Gasteiger partial charge in [0.25, 0.3) is 11.8 Å². The van der Waals surface area contributed by atoms with Gasteiger partial charge in [0.2, 0.25) is 0 Å². The van der Waals surface area contributed by atoms with E-state index in [0.717, 1.165) is 11.1 Å². The molecule has 4 rings (SSSR count). The van der Waals surface area contributed by atoms with Crippen LogP contribution in [0.3, 0.4) is 0 Å². The van der Waals surface area contributed by atoms with Gasteiger partial charge in [-0.25, -0.2) is 0 Å². The molecule has 0 spiro atoms. The first-order valence-electron chi connectivity index (χ1n) is 10.1. The topological polar surface area (TPSA) is 58.2 Å². The lowest BCUT2D eigenvalue weighted by molar-refractivity contribution is 0.0942. The minimum absolute atomic E-state index is 0.182. The van der Waals surface area contributed by atoms with Crippen LogP contribution in [-0.2, 0) is 0 Å². The highest BCUT2D eigenvalue weighted by Gasteiger charge is 2.17. The maximum atomic E-state index is 13.0. The van der Waals surface area contributed by atoms with Crippen LogP contribution in [0.25, 0.3) is 0 Å². The van der Waals surface area contributed by atoms with Crippen LogP contribution in [0.4, 0.5) is 5.69 Å². The highest BCUT2D eigenvalue weighted by atomic mass is 16.2. The van der Waals surface area contributed by atoms with E-state index in [4.69, 9.17) is 0 Å². The maximum Gasteiger partial charge on any atom is 0.255 e. The lowest BCUT2D eigenvalue weighted by Crippen LogP contribution is -2.29. The molecule has 0 aliphatic heterocycles. The molecule has 0 unspecified atom stereocenters. The Balaban J connectivity index is 1.49. The lowest BCUT2D eigenvalue weighted by atomic mass is 9.98. The average Bonchev–Trinajstić information content (AvgIpc) is 2.84. The molecule has 0 bridgehead atoms. The summed E-state index contributed by atoms with van der Waals surface area (Å²) in [5.41, 5.74) is 3.75. The van der Waals surface area contributed by atoms with Gasteiger partial charge in [0.1, 0.15) is 0 Å². The van der Waals surface area contributed by atoms with Crippen molar-refractivity contribution in [3.63, 3.8) is 0 Å². The molecule has 4 aromatic carbocycles. The number of hydrogen-bond donors (Lipinski definition) is 2. The van der Waals surface area contributed by atoms with E-state index < -0.39 is 0 Å². The van der Waals surface area contributed by atoms with Crippen LogP contribution in [0.15, 0.2) is 115 Å². The third-order valence-corrected chi connectivity index (χ3v) is 4.98. The van der Waals surface area contributed by atoms with E-state index in [1.54, 1.807) is 36.4 Å². The van der Waals surface area contributed by atoms with E-state index >= 15 is 0 Å². The van der Waals surface area contributed by atoms with Gasteiger partial charge in [0, 0.05) is 16.8 Å².